The second-order valence-corrected chi connectivity index (χ2v) is 14.0. The summed E-state index contributed by atoms with van der Waals surface area (Å²) in [5.41, 5.74) is -10.5. The zero-order chi connectivity index (χ0) is 33.4. The van der Waals surface area contributed by atoms with Gasteiger partial charge < -0.3 is 19.6 Å². The Morgan fingerprint density at radius 1 is 0.600 bits per heavy atom. The van der Waals surface area contributed by atoms with Crippen molar-refractivity contribution < 1.29 is 55.5 Å². The summed E-state index contributed by atoms with van der Waals surface area (Å²) in [5.74, 6) is -1.16. The predicted octanol–water partition coefficient (Wildman–Crippen LogP) is 7.19. The van der Waals surface area contributed by atoms with Gasteiger partial charge in [-0.15, -0.1) is 0 Å². The topological polar surface area (TPSA) is 132 Å². The van der Waals surface area contributed by atoms with Gasteiger partial charge in [0, 0.05) is 16.7 Å². The summed E-state index contributed by atoms with van der Waals surface area (Å²) in [6.07, 6.45) is -0.372. The first kappa shape index (κ1) is 34.4. The summed E-state index contributed by atoms with van der Waals surface area (Å²) in [5, 5.41) is 0. The minimum atomic E-state index is -5.85. The van der Waals surface area contributed by atoms with E-state index in [4.69, 9.17) is 19.6 Å². The zero-order valence-electron chi connectivity index (χ0n) is 23.4. The van der Waals surface area contributed by atoms with E-state index in [-0.39, 0.29) is 18.4 Å². The van der Waals surface area contributed by atoms with Crippen LogP contribution in [0, 0.1) is 12.7 Å². The second-order valence-electron chi connectivity index (χ2n) is 10.7. The molecule has 0 fully saturated rings. The van der Waals surface area contributed by atoms with Crippen LogP contribution < -0.4 is 0 Å². The number of halogens is 5. The first-order chi connectivity index (χ1) is 20.8. The minimum Gasteiger partial charge on any atom is -0.320 e. The molecule has 0 aromatic heterocycles. The molecule has 0 spiro atoms. The number of carbonyl (C=O) groups excluding carboxylic acids is 1. The molecule has 14 heteroatoms. The van der Waals surface area contributed by atoms with Gasteiger partial charge in [-0.3, -0.25) is 13.9 Å². The Bertz CT molecular complexity index is 1690. The summed E-state index contributed by atoms with van der Waals surface area (Å²) in [6.45, 7) is 1.80. The maximum atomic E-state index is 14.4. The van der Waals surface area contributed by atoms with Gasteiger partial charge in [0.25, 0.3) is 0 Å². The van der Waals surface area contributed by atoms with Crippen LogP contribution in [-0.4, -0.2) is 25.4 Å². The molecule has 0 heterocycles. The fourth-order valence-corrected chi connectivity index (χ4v) is 5.96. The molecule has 238 valence electrons. The van der Waals surface area contributed by atoms with E-state index in [2.05, 4.69) is 0 Å². The molecular formula is C31H27F5O7P2. The van der Waals surface area contributed by atoms with E-state index in [1.54, 1.807) is 31.2 Å². The van der Waals surface area contributed by atoms with Crippen LogP contribution >= 0.6 is 15.2 Å². The van der Waals surface area contributed by atoms with Crippen LogP contribution in [-0.2, 0) is 38.7 Å². The fraction of sp³-hybridized carbons (Fsp3) is 0.194. The number of ketones is 1. The third kappa shape index (κ3) is 7.02. The van der Waals surface area contributed by atoms with Crippen LogP contribution in [0.4, 0.5) is 22.0 Å². The largest absolute Gasteiger partial charge is 0.399 e. The monoisotopic (exact) mass is 668 g/mol. The Morgan fingerprint density at radius 3 is 1.31 bits per heavy atom. The summed E-state index contributed by atoms with van der Waals surface area (Å²) in [6, 6.07) is 19.5. The van der Waals surface area contributed by atoms with Crippen molar-refractivity contribution in [3.63, 3.8) is 0 Å². The summed E-state index contributed by atoms with van der Waals surface area (Å²) >= 11 is 0. The van der Waals surface area contributed by atoms with Crippen LogP contribution in [0.1, 0.15) is 43.7 Å². The summed E-state index contributed by atoms with van der Waals surface area (Å²) in [4.78, 5) is 50.9. The molecule has 4 aromatic carbocycles. The van der Waals surface area contributed by atoms with Crippen LogP contribution in [0.25, 0.3) is 0 Å². The molecule has 4 rings (SSSR count). The molecule has 0 bridgehead atoms. The maximum absolute atomic E-state index is 14.4. The molecule has 0 radical (unpaired) electrons. The smallest absolute Gasteiger partial charge is 0.320 e. The lowest BCUT2D eigenvalue weighted by Crippen LogP contribution is -2.41. The molecule has 0 aliphatic carbocycles. The van der Waals surface area contributed by atoms with E-state index in [0.717, 1.165) is 42.0 Å². The first-order valence-electron chi connectivity index (χ1n) is 13.2. The van der Waals surface area contributed by atoms with E-state index in [9.17, 15) is 35.9 Å². The van der Waals surface area contributed by atoms with E-state index in [1.165, 1.54) is 36.4 Å². The van der Waals surface area contributed by atoms with E-state index >= 15 is 0 Å². The molecule has 0 unspecified atom stereocenters. The number of rotatable bonds is 11. The Hall–Kier alpha value is -3.50. The highest BCUT2D eigenvalue weighted by atomic mass is 31.2. The molecule has 0 saturated heterocycles. The molecule has 0 aliphatic heterocycles. The van der Waals surface area contributed by atoms with E-state index < -0.39 is 54.7 Å². The van der Waals surface area contributed by atoms with Crippen molar-refractivity contribution in [3.05, 3.63) is 142 Å². The number of alkyl halides is 4. The predicted molar refractivity (Wildman–Crippen MR) is 156 cm³/mol. The minimum absolute atomic E-state index is 0.0753. The molecule has 0 amide bonds. The molecule has 0 atom stereocenters. The van der Waals surface area contributed by atoms with Crippen molar-refractivity contribution in [2.45, 2.75) is 36.5 Å². The van der Waals surface area contributed by atoms with Crippen LogP contribution in [0.5, 0.6) is 0 Å². The zero-order valence-corrected chi connectivity index (χ0v) is 25.2. The SMILES string of the molecule is Cc1ccc(C(Cc2ccc(C(F)(F)P(=O)(O)O)cc2)(Cc2ccc(C(F)(F)P(=O)(O)O)cc2)C(=O)c2ccc(F)cc2)cc1. The highest BCUT2D eigenvalue weighted by Gasteiger charge is 2.51. The first-order valence-corrected chi connectivity index (χ1v) is 16.4. The van der Waals surface area contributed by atoms with Crippen molar-refractivity contribution in [1.29, 1.82) is 0 Å². The number of hydrogen-bond acceptors (Lipinski definition) is 3. The molecule has 7 nitrogen and oxygen atoms in total. The molecular weight excluding hydrogens is 641 g/mol. The average molecular weight is 668 g/mol. The number of aryl methyl sites for hydroxylation is 1. The molecule has 4 N–H and O–H groups in total. The summed E-state index contributed by atoms with van der Waals surface area (Å²) in [7, 11) is -11.7. The van der Waals surface area contributed by atoms with Crippen molar-refractivity contribution in [3.8, 4) is 0 Å². The number of Topliss-reactive ketones (excluding diaryl/α,β-unsaturated/α-hetero) is 1. The lowest BCUT2D eigenvalue weighted by atomic mass is 9.67. The number of carbonyl (C=O) groups is 1. The second kappa shape index (κ2) is 12.4. The lowest BCUT2D eigenvalue weighted by molar-refractivity contribution is 0.0564. The van der Waals surface area contributed by atoms with Crippen molar-refractivity contribution >= 4 is 21.0 Å². The summed E-state index contributed by atoms with van der Waals surface area (Å²) < 4.78 is 93.9. The van der Waals surface area contributed by atoms with Crippen molar-refractivity contribution in [2.75, 3.05) is 0 Å². The van der Waals surface area contributed by atoms with Gasteiger partial charge in [0.1, 0.15) is 5.82 Å². The van der Waals surface area contributed by atoms with Gasteiger partial charge in [0.05, 0.1) is 5.41 Å². The fourth-order valence-electron chi connectivity index (χ4n) is 4.99. The molecule has 45 heavy (non-hydrogen) atoms. The highest BCUT2D eigenvalue weighted by Crippen LogP contribution is 2.60. The van der Waals surface area contributed by atoms with Gasteiger partial charge >= 0.3 is 26.5 Å². The van der Waals surface area contributed by atoms with Crippen molar-refractivity contribution in [2.24, 2.45) is 0 Å². The third-order valence-corrected chi connectivity index (χ3v) is 9.47. The van der Waals surface area contributed by atoms with Crippen LogP contribution in [0.3, 0.4) is 0 Å². The van der Waals surface area contributed by atoms with Gasteiger partial charge in [-0.1, -0.05) is 78.4 Å². The Balaban J connectivity index is 1.88. The van der Waals surface area contributed by atoms with Gasteiger partial charge in [0.2, 0.25) is 0 Å². The Morgan fingerprint density at radius 2 is 0.956 bits per heavy atom. The molecule has 4 aromatic rings. The average Bonchev–Trinajstić information content (AvgIpc) is 2.96. The standard InChI is InChI=1S/C31H27F5O7P2/c1-20-2-10-24(11-3-20)29(28(37)23-8-16-27(32)17-9-23,18-21-4-12-25(13-5-21)30(33,34)44(38,39)40)19-22-6-14-26(15-7-22)31(35,36)45(41,42)43/h2-17H,18-19H2,1H3,(H2,38,39,40)(H2,41,42,43). The van der Waals surface area contributed by atoms with Gasteiger partial charge in [0.15, 0.2) is 5.78 Å². The van der Waals surface area contributed by atoms with Gasteiger partial charge in [-0.2, -0.15) is 17.6 Å². The molecule has 0 aliphatic rings. The van der Waals surface area contributed by atoms with Crippen LogP contribution in [0.15, 0.2) is 97.1 Å². The Kier molecular flexibility index (Phi) is 9.44. The van der Waals surface area contributed by atoms with E-state index in [0.29, 0.717) is 16.7 Å². The lowest BCUT2D eigenvalue weighted by Gasteiger charge is -2.34. The van der Waals surface area contributed by atoms with E-state index in [1.807, 2.05) is 0 Å². The van der Waals surface area contributed by atoms with Gasteiger partial charge in [-0.05, 0) is 60.7 Å². The maximum Gasteiger partial charge on any atom is 0.399 e. The highest BCUT2D eigenvalue weighted by molar-refractivity contribution is 7.52. The molecule has 0 saturated carbocycles. The number of benzene rings is 4. The van der Waals surface area contributed by atoms with Gasteiger partial charge in [-0.25, -0.2) is 4.39 Å². The normalized spacial score (nSPS) is 13.1. The Labute approximate surface area is 254 Å². The van der Waals surface area contributed by atoms with Crippen molar-refractivity contribution in [1.82, 2.24) is 0 Å². The number of hydrogen-bond donors (Lipinski definition) is 4. The third-order valence-electron chi connectivity index (χ3n) is 7.49. The van der Waals surface area contributed by atoms with Crippen LogP contribution in [0.2, 0.25) is 0 Å². The quantitative estimate of drug-likeness (QED) is 0.0756.